The predicted octanol–water partition coefficient (Wildman–Crippen LogP) is 4.03. The van der Waals surface area contributed by atoms with Crippen LogP contribution in [0.1, 0.15) is 19.3 Å². The normalized spacial score (nSPS) is 23.5. The molecule has 1 saturated heterocycles. The second-order valence-electron chi connectivity index (χ2n) is 7.60. The Morgan fingerprint density at radius 1 is 1.21 bits per heavy atom. The van der Waals surface area contributed by atoms with E-state index < -0.39 is 0 Å². The van der Waals surface area contributed by atoms with E-state index in [4.69, 9.17) is 4.74 Å². The third kappa shape index (κ3) is 3.38. The van der Waals surface area contributed by atoms with Crippen LogP contribution in [0.3, 0.4) is 0 Å². The summed E-state index contributed by atoms with van der Waals surface area (Å²) < 4.78 is 19.9. The molecule has 2 aromatic carbocycles. The number of benzene rings is 2. The summed E-state index contributed by atoms with van der Waals surface area (Å²) in [5.41, 5.74) is 0.831. The fourth-order valence-electron chi connectivity index (χ4n) is 4.42. The Balaban J connectivity index is 1.31. The molecule has 1 N–H and O–H groups in total. The maximum Gasteiger partial charge on any atom is 0.229 e. The van der Waals surface area contributed by atoms with E-state index >= 15 is 0 Å². The summed E-state index contributed by atoms with van der Waals surface area (Å²) in [4.78, 5) is 19.8. The average molecular weight is 399 g/mol. The molecule has 3 aromatic rings. The fourth-order valence-corrected chi connectivity index (χ4v) is 5.42. The summed E-state index contributed by atoms with van der Waals surface area (Å²) in [5, 5.41) is 5.45. The smallest absolute Gasteiger partial charge is 0.229 e. The molecule has 2 atom stereocenters. The summed E-state index contributed by atoms with van der Waals surface area (Å²) in [6, 6.07) is 9.00. The van der Waals surface area contributed by atoms with Crippen LogP contribution in [0, 0.1) is 11.7 Å². The number of rotatable bonds is 3. The number of nitrogens with one attached hydrogen (secondary N) is 1. The number of hydrogen-bond acceptors (Lipinski definition) is 5. The van der Waals surface area contributed by atoms with Crippen molar-refractivity contribution >= 4 is 43.4 Å². The molecule has 5 rings (SSSR count). The number of carbonyl (C=O) groups is 1. The highest BCUT2D eigenvalue weighted by molar-refractivity contribution is 7.23. The van der Waals surface area contributed by atoms with Gasteiger partial charge in [-0.15, -0.1) is 0 Å². The van der Waals surface area contributed by atoms with E-state index in [0.717, 1.165) is 66.6 Å². The van der Waals surface area contributed by atoms with Gasteiger partial charge in [0.2, 0.25) is 5.91 Å². The minimum atomic E-state index is -0.249. The van der Waals surface area contributed by atoms with Crippen molar-refractivity contribution in [1.29, 1.82) is 0 Å². The van der Waals surface area contributed by atoms with E-state index in [9.17, 15) is 9.18 Å². The summed E-state index contributed by atoms with van der Waals surface area (Å²) in [6.45, 7) is 3.50. The largest absolute Gasteiger partial charge is 0.379 e. The van der Waals surface area contributed by atoms with Gasteiger partial charge in [-0.25, -0.2) is 9.37 Å². The molecule has 146 valence electrons. The van der Waals surface area contributed by atoms with Gasteiger partial charge in [-0.3, -0.25) is 9.69 Å². The second-order valence-corrected chi connectivity index (χ2v) is 8.60. The fraction of sp³-hybridized carbons (Fsp3) is 0.429. The minimum Gasteiger partial charge on any atom is -0.379 e. The second kappa shape index (κ2) is 7.39. The molecule has 2 fully saturated rings. The number of morpholine rings is 1. The van der Waals surface area contributed by atoms with Crippen molar-refractivity contribution in [2.24, 2.45) is 5.92 Å². The van der Waals surface area contributed by atoms with Crippen LogP contribution in [-0.2, 0) is 9.53 Å². The van der Waals surface area contributed by atoms with Crippen molar-refractivity contribution in [2.45, 2.75) is 25.3 Å². The first-order valence-electron chi connectivity index (χ1n) is 9.79. The molecule has 1 aliphatic heterocycles. The van der Waals surface area contributed by atoms with Crippen molar-refractivity contribution in [3.05, 3.63) is 36.1 Å². The molecule has 1 saturated carbocycles. The topological polar surface area (TPSA) is 54.5 Å². The number of amides is 1. The van der Waals surface area contributed by atoms with Crippen LogP contribution in [0.25, 0.3) is 21.0 Å². The number of fused-ring (bicyclic) bond motifs is 3. The maximum absolute atomic E-state index is 13.5. The maximum atomic E-state index is 13.5. The average Bonchev–Trinajstić information content (AvgIpc) is 3.35. The SMILES string of the molecule is O=C(Nc1nc2ccc3cc(F)ccc3c2s1)C1CCC(N2CCOCC2)C1. The Hall–Kier alpha value is -2.09. The first-order chi connectivity index (χ1) is 13.7. The first-order valence-corrected chi connectivity index (χ1v) is 10.6. The number of hydrogen-bond donors (Lipinski definition) is 1. The van der Waals surface area contributed by atoms with Gasteiger partial charge in [-0.05, 0) is 48.9 Å². The van der Waals surface area contributed by atoms with Gasteiger partial charge in [0, 0.05) is 30.4 Å². The van der Waals surface area contributed by atoms with Gasteiger partial charge >= 0.3 is 0 Å². The number of thiazole rings is 1. The summed E-state index contributed by atoms with van der Waals surface area (Å²) in [5.74, 6) is -0.156. The zero-order valence-corrected chi connectivity index (χ0v) is 16.3. The van der Waals surface area contributed by atoms with Gasteiger partial charge < -0.3 is 10.1 Å². The summed E-state index contributed by atoms with van der Waals surface area (Å²) in [7, 11) is 0. The quantitative estimate of drug-likeness (QED) is 0.723. The molecule has 2 unspecified atom stereocenters. The summed E-state index contributed by atoms with van der Waals surface area (Å²) >= 11 is 1.46. The van der Waals surface area contributed by atoms with Crippen molar-refractivity contribution in [1.82, 2.24) is 9.88 Å². The number of ether oxygens (including phenoxy) is 1. The standard InChI is InChI=1S/C21H22FN3O2S/c22-15-3-5-17-13(11-15)2-6-18-19(17)28-21(23-18)24-20(26)14-1-4-16(12-14)25-7-9-27-10-8-25/h2-3,5-6,11,14,16H,1,4,7-10,12H2,(H,23,24,26). The zero-order chi connectivity index (χ0) is 19.1. The highest BCUT2D eigenvalue weighted by atomic mass is 32.1. The van der Waals surface area contributed by atoms with Gasteiger partial charge in [0.15, 0.2) is 5.13 Å². The lowest BCUT2D eigenvalue weighted by molar-refractivity contribution is -0.119. The van der Waals surface area contributed by atoms with Crippen LogP contribution in [0.4, 0.5) is 9.52 Å². The Morgan fingerprint density at radius 3 is 2.93 bits per heavy atom. The van der Waals surface area contributed by atoms with Crippen molar-refractivity contribution < 1.29 is 13.9 Å². The highest BCUT2D eigenvalue weighted by Crippen LogP contribution is 2.35. The van der Waals surface area contributed by atoms with Gasteiger partial charge in [0.1, 0.15) is 5.82 Å². The van der Waals surface area contributed by atoms with Gasteiger partial charge in [-0.1, -0.05) is 17.4 Å². The lowest BCUT2D eigenvalue weighted by atomic mass is 10.1. The van der Waals surface area contributed by atoms with E-state index in [1.54, 1.807) is 6.07 Å². The molecular weight excluding hydrogens is 377 g/mol. The van der Waals surface area contributed by atoms with E-state index in [2.05, 4.69) is 15.2 Å². The van der Waals surface area contributed by atoms with Crippen LogP contribution in [-0.4, -0.2) is 48.1 Å². The Bertz CT molecular complexity index is 1030. The van der Waals surface area contributed by atoms with Crippen molar-refractivity contribution in [3.63, 3.8) is 0 Å². The number of nitrogens with zero attached hydrogens (tertiary/aromatic N) is 2. The van der Waals surface area contributed by atoms with Crippen LogP contribution < -0.4 is 5.32 Å². The Labute approximate surface area is 166 Å². The van der Waals surface area contributed by atoms with Crippen molar-refractivity contribution in [3.8, 4) is 0 Å². The molecular formula is C21H22FN3O2S. The van der Waals surface area contributed by atoms with E-state index in [1.807, 2.05) is 12.1 Å². The van der Waals surface area contributed by atoms with Crippen LogP contribution in [0.5, 0.6) is 0 Å². The van der Waals surface area contributed by atoms with E-state index in [0.29, 0.717) is 11.2 Å². The number of carbonyl (C=O) groups excluding carboxylic acids is 1. The predicted molar refractivity (Wildman–Crippen MR) is 109 cm³/mol. The van der Waals surface area contributed by atoms with Crippen LogP contribution in [0.15, 0.2) is 30.3 Å². The Kier molecular flexibility index (Phi) is 4.74. The molecule has 1 aliphatic carbocycles. The number of anilines is 1. The Morgan fingerprint density at radius 2 is 2.07 bits per heavy atom. The molecule has 7 heteroatoms. The highest BCUT2D eigenvalue weighted by Gasteiger charge is 2.34. The third-order valence-electron chi connectivity index (χ3n) is 5.90. The molecule has 2 aliphatic rings. The number of aromatic nitrogens is 1. The van der Waals surface area contributed by atoms with E-state index in [-0.39, 0.29) is 17.6 Å². The van der Waals surface area contributed by atoms with Gasteiger partial charge in [0.05, 0.1) is 23.4 Å². The van der Waals surface area contributed by atoms with Crippen LogP contribution >= 0.6 is 11.3 Å². The summed E-state index contributed by atoms with van der Waals surface area (Å²) in [6.07, 6.45) is 2.88. The molecule has 1 aromatic heterocycles. The van der Waals surface area contributed by atoms with Crippen molar-refractivity contribution in [2.75, 3.05) is 31.6 Å². The molecule has 2 heterocycles. The minimum absolute atomic E-state index is 0.0331. The molecule has 28 heavy (non-hydrogen) atoms. The molecule has 0 radical (unpaired) electrons. The molecule has 1 amide bonds. The monoisotopic (exact) mass is 399 g/mol. The first kappa shape index (κ1) is 18.0. The lowest BCUT2D eigenvalue weighted by Gasteiger charge is -2.32. The zero-order valence-electron chi connectivity index (χ0n) is 15.5. The third-order valence-corrected chi connectivity index (χ3v) is 6.92. The molecule has 0 bridgehead atoms. The molecule has 0 spiro atoms. The number of halogens is 1. The van der Waals surface area contributed by atoms with E-state index in [1.165, 1.54) is 23.5 Å². The lowest BCUT2D eigenvalue weighted by Crippen LogP contribution is -2.42. The van der Waals surface area contributed by atoms with Crippen LogP contribution in [0.2, 0.25) is 0 Å². The molecule has 5 nitrogen and oxygen atoms in total. The van der Waals surface area contributed by atoms with Gasteiger partial charge in [0.25, 0.3) is 0 Å². The van der Waals surface area contributed by atoms with Gasteiger partial charge in [-0.2, -0.15) is 0 Å².